The number of aryl methyl sites for hydroxylation is 1. The van der Waals surface area contributed by atoms with Gasteiger partial charge in [0.15, 0.2) is 0 Å². The molecule has 1 unspecified atom stereocenters. The minimum Gasteiger partial charge on any atom is -0.0758 e. The quantitative estimate of drug-likeness (QED) is 0.617. The molecule has 1 atom stereocenters. The van der Waals surface area contributed by atoms with Crippen LogP contribution in [0.15, 0.2) is 29.8 Å². The number of rotatable bonds is 0. The molecule has 1 aromatic carbocycles. The van der Waals surface area contributed by atoms with Gasteiger partial charge in [-0.3, -0.25) is 0 Å². The molecule has 2 aliphatic carbocycles. The first-order chi connectivity index (χ1) is 7.75. The van der Waals surface area contributed by atoms with Crippen molar-refractivity contribution in [1.82, 2.24) is 0 Å². The lowest BCUT2D eigenvalue weighted by atomic mass is 9.79. The number of allylic oxidation sites excluding steroid dienone is 2. The van der Waals surface area contributed by atoms with Gasteiger partial charge in [0.2, 0.25) is 0 Å². The average molecular weight is 210 g/mol. The van der Waals surface area contributed by atoms with Gasteiger partial charge in [-0.2, -0.15) is 0 Å². The minimum absolute atomic E-state index is 0.776. The highest BCUT2D eigenvalue weighted by molar-refractivity contribution is 5.65. The van der Waals surface area contributed by atoms with Gasteiger partial charge in [0.25, 0.3) is 0 Å². The van der Waals surface area contributed by atoms with Crippen LogP contribution < -0.4 is 10.4 Å². The lowest BCUT2D eigenvalue weighted by Gasteiger charge is -2.25. The van der Waals surface area contributed by atoms with Crippen molar-refractivity contribution < 1.29 is 0 Å². The minimum atomic E-state index is 0.776. The number of hydrogen-bond acceptors (Lipinski definition) is 0. The number of hydrogen-bond donors (Lipinski definition) is 0. The van der Waals surface area contributed by atoms with Gasteiger partial charge in [-0.15, -0.1) is 0 Å². The van der Waals surface area contributed by atoms with E-state index in [2.05, 4.69) is 44.2 Å². The van der Waals surface area contributed by atoms with E-state index in [1.807, 2.05) is 0 Å². The number of benzene rings is 1. The fraction of sp³-hybridized carbons (Fsp3) is 0.375. The summed E-state index contributed by atoms with van der Waals surface area (Å²) in [4.78, 5) is 0. The first-order valence-electron chi connectivity index (χ1n) is 6.23. The summed E-state index contributed by atoms with van der Waals surface area (Å²) in [5.41, 5.74) is 4.55. The molecule has 2 aliphatic rings. The SMILES string of the molecule is CC1=CC2=c3cccc(C)c3=CCC2CC1. The average Bonchev–Trinajstić information content (AvgIpc) is 2.29. The van der Waals surface area contributed by atoms with Crippen LogP contribution in [0.4, 0.5) is 0 Å². The summed E-state index contributed by atoms with van der Waals surface area (Å²) in [6.07, 6.45) is 8.72. The topological polar surface area (TPSA) is 0 Å². The molecule has 0 amide bonds. The molecule has 0 spiro atoms. The standard InChI is InChI=1S/C16H18/c1-11-6-7-13-8-9-14-12(2)4-3-5-15(14)16(13)10-11/h3-5,9-10,13H,6-8H2,1-2H3. The molecule has 0 bridgehead atoms. The van der Waals surface area contributed by atoms with Crippen LogP contribution >= 0.6 is 0 Å². The number of fused-ring (bicyclic) bond motifs is 2. The molecule has 0 saturated heterocycles. The Morgan fingerprint density at radius 3 is 2.94 bits per heavy atom. The zero-order valence-corrected chi connectivity index (χ0v) is 10.1. The van der Waals surface area contributed by atoms with Crippen LogP contribution in [0.5, 0.6) is 0 Å². The van der Waals surface area contributed by atoms with Crippen LogP contribution in [0, 0.1) is 12.8 Å². The van der Waals surface area contributed by atoms with Gasteiger partial charge in [0, 0.05) is 0 Å². The van der Waals surface area contributed by atoms with E-state index < -0.39 is 0 Å². The van der Waals surface area contributed by atoms with E-state index in [1.54, 1.807) is 11.1 Å². The van der Waals surface area contributed by atoms with Crippen molar-refractivity contribution in [3.63, 3.8) is 0 Å². The third kappa shape index (κ3) is 1.44. The maximum atomic E-state index is 2.44. The van der Waals surface area contributed by atoms with Crippen LogP contribution in [0.1, 0.15) is 31.7 Å². The second kappa shape index (κ2) is 3.62. The molecular weight excluding hydrogens is 192 g/mol. The third-order valence-corrected chi connectivity index (χ3v) is 3.97. The van der Waals surface area contributed by atoms with E-state index >= 15 is 0 Å². The molecule has 0 saturated carbocycles. The summed E-state index contributed by atoms with van der Waals surface area (Å²) in [5, 5.41) is 2.95. The van der Waals surface area contributed by atoms with E-state index in [1.165, 1.54) is 35.3 Å². The fourth-order valence-corrected chi connectivity index (χ4v) is 3.02. The lowest BCUT2D eigenvalue weighted by molar-refractivity contribution is 0.604. The van der Waals surface area contributed by atoms with E-state index in [0.29, 0.717) is 0 Å². The highest BCUT2D eigenvalue weighted by Crippen LogP contribution is 2.31. The van der Waals surface area contributed by atoms with Gasteiger partial charge in [-0.1, -0.05) is 35.9 Å². The summed E-state index contributed by atoms with van der Waals surface area (Å²) in [6, 6.07) is 6.69. The Morgan fingerprint density at radius 2 is 2.06 bits per heavy atom. The van der Waals surface area contributed by atoms with Crippen molar-refractivity contribution in [3.05, 3.63) is 45.8 Å². The Hall–Kier alpha value is -1.30. The van der Waals surface area contributed by atoms with Gasteiger partial charge >= 0.3 is 0 Å². The van der Waals surface area contributed by atoms with Crippen molar-refractivity contribution in [1.29, 1.82) is 0 Å². The summed E-state index contributed by atoms with van der Waals surface area (Å²) >= 11 is 0. The van der Waals surface area contributed by atoms with Crippen LogP contribution in [0.3, 0.4) is 0 Å². The molecule has 0 heteroatoms. The summed E-state index contributed by atoms with van der Waals surface area (Å²) in [5.74, 6) is 0.776. The fourth-order valence-electron chi connectivity index (χ4n) is 3.02. The monoisotopic (exact) mass is 210 g/mol. The molecule has 0 aromatic heterocycles. The Balaban J connectivity index is 2.38. The van der Waals surface area contributed by atoms with Crippen molar-refractivity contribution in [2.75, 3.05) is 0 Å². The predicted molar refractivity (Wildman–Crippen MR) is 69.4 cm³/mol. The Kier molecular flexibility index (Phi) is 2.24. The normalized spacial score (nSPS) is 23.0. The van der Waals surface area contributed by atoms with Gasteiger partial charge in [0.1, 0.15) is 0 Å². The predicted octanol–water partition coefficient (Wildman–Crippen LogP) is 2.69. The van der Waals surface area contributed by atoms with Crippen molar-refractivity contribution in [2.45, 2.75) is 33.1 Å². The Morgan fingerprint density at radius 1 is 1.19 bits per heavy atom. The molecule has 1 aromatic rings. The molecular formula is C16H18. The van der Waals surface area contributed by atoms with Gasteiger partial charge < -0.3 is 0 Å². The molecule has 16 heavy (non-hydrogen) atoms. The van der Waals surface area contributed by atoms with E-state index in [9.17, 15) is 0 Å². The van der Waals surface area contributed by atoms with Crippen LogP contribution in [0.25, 0.3) is 11.6 Å². The molecule has 0 heterocycles. The first kappa shape index (κ1) is 9.89. The van der Waals surface area contributed by atoms with E-state index in [0.717, 1.165) is 5.92 Å². The first-order valence-corrected chi connectivity index (χ1v) is 6.23. The van der Waals surface area contributed by atoms with Gasteiger partial charge in [0.05, 0.1) is 0 Å². The second-order valence-electron chi connectivity index (χ2n) is 5.16. The van der Waals surface area contributed by atoms with E-state index in [-0.39, 0.29) is 0 Å². The molecule has 3 rings (SSSR count). The molecule has 82 valence electrons. The van der Waals surface area contributed by atoms with Gasteiger partial charge in [-0.25, -0.2) is 0 Å². The molecule has 0 aliphatic heterocycles. The maximum absolute atomic E-state index is 2.44. The summed E-state index contributed by atoms with van der Waals surface area (Å²) in [6.45, 7) is 4.48. The maximum Gasteiger partial charge on any atom is -0.0118 e. The Bertz CT molecular complexity index is 573. The Labute approximate surface area is 97.0 Å². The smallest absolute Gasteiger partial charge is 0.0118 e. The summed E-state index contributed by atoms with van der Waals surface area (Å²) < 4.78 is 0. The molecule has 0 nitrogen and oxygen atoms in total. The zero-order valence-electron chi connectivity index (χ0n) is 10.1. The highest BCUT2D eigenvalue weighted by Gasteiger charge is 2.19. The van der Waals surface area contributed by atoms with Crippen molar-refractivity contribution in [2.24, 2.45) is 5.92 Å². The molecule has 0 N–H and O–H groups in total. The van der Waals surface area contributed by atoms with E-state index in [4.69, 9.17) is 0 Å². The van der Waals surface area contributed by atoms with Crippen LogP contribution in [0.2, 0.25) is 0 Å². The second-order valence-corrected chi connectivity index (χ2v) is 5.16. The van der Waals surface area contributed by atoms with Crippen molar-refractivity contribution >= 4 is 11.6 Å². The largest absolute Gasteiger partial charge is 0.0758 e. The van der Waals surface area contributed by atoms with Gasteiger partial charge in [-0.05, 0) is 60.6 Å². The summed E-state index contributed by atoms with van der Waals surface area (Å²) in [7, 11) is 0. The van der Waals surface area contributed by atoms with Crippen molar-refractivity contribution in [3.8, 4) is 0 Å². The van der Waals surface area contributed by atoms with Crippen LogP contribution in [-0.2, 0) is 0 Å². The molecule has 0 radical (unpaired) electrons. The lowest BCUT2D eigenvalue weighted by Crippen LogP contribution is -2.35. The highest BCUT2D eigenvalue weighted by atomic mass is 14.2. The molecule has 0 fully saturated rings. The third-order valence-electron chi connectivity index (χ3n) is 3.97. The van der Waals surface area contributed by atoms with Crippen LogP contribution in [-0.4, -0.2) is 0 Å². The zero-order chi connectivity index (χ0) is 11.1.